The number of rotatable bonds is 35. The minimum Gasteiger partial charge on any atom is -0.462 e. The van der Waals surface area contributed by atoms with Gasteiger partial charge in [0, 0.05) is 19.3 Å². The first-order chi connectivity index (χ1) is 22.4. The highest BCUT2D eigenvalue weighted by Gasteiger charge is 2.19. The summed E-state index contributed by atoms with van der Waals surface area (Å²) in [6.07, 6.45) is 31.1. The van der Waals surface area contributed by atoms with E-state index in [1.807, 2.05) is 0 Å². The lowest BCUT2D eigenvalue weighted by Gasteiger charge is -2.18. The molecule has 0 aliphatic carbocycles. The van der Waals surface area contributed by atoms with Crippen LogP contribution < -0.4 is 0 Å². The monoisotopic (exact) mass is 653 g/mol. The minimum atomic E-state index is -0.757. The topological polar surface area (TPSA) is 78.9 Å². The van der Waals surface area contributed by atoms with Crippen LogP contribution in [0, 0.1) is 5.92 Å². The van der Waals surface area contributed by atoms with Crippen molar-refractivity contribution < 1.29 is 28.6 Å². The Morgan fingerprint density at radius 1 is 0.413 bits per heavy atom. The zero-order chi connectivity index (χ0) is 33.9. The van der Waals surface area contributed by atoms with Gasteiger partial charge in [0.05, 0.1) is 0 Å². The Labute approximate surface area is 285 Å². The summed E-state index contributed by atoms with van der Waals surface area (Å²) in [6, 6.07) is 0. The van der Waals surface area contributed by atoms with Gasteiger partial charge >= 0.3 is 17.9 Å². The van der Waals surface area contributed by atoms with Gasteiger partial charge in [-0.3, -0.25) is 14.4 Å². The van der Waals surface area contributed by atoms with Gasteiger partial charge in [0.2, 0.25) is 0 Å². The molecule has 0 unspecified atom stereocenters. The molecule has 0 radical (unpaired) electrons. The first-order valence-electron chi connectivity index (χ1n) is 19.9. The predicted octanol–water partition coefficient (Wildman–Crippen LogP) is 12.0. The average molecular weight is 653 g/mol. The van der Waals surface area contributed by atoms with Crippen LogP contribution in [0.3, 0.4) is 0 Å². The Kier molecular flexibility index (Phi) is 33.5. The van der Waals surface area contributed by atoms with Crippen LogP contribution in [-0.2, 0) is 28.6 Å². The summed E-state index contributed by atoms with van der Waals surface area (Å²) in [7, 11) is 0. The van der Waals surface area contributed by atoms with Crippen molar-refractivity contribution in [1.82, 2.24) is 0 Å². The fraction of sp³-hybridized carbons (Fsp3) is 0.925. The number of carbonyl (C=O) groups excluding carboxylic acids is 3. The lowest BCUT2D eigenvalue weighted by molar-refractivity contribution is -0.167. The largest absolute Gasteiger partial charge is 0.462 e. The zero-order valence-electron chi connectivity index (χ0n) is 31.0. The lowest BCUT2D eigenvalue weighted by atomic mass is 10.0. The highest BCUT2D eigenvalue weighted by molar-refractivity contribution is 5.71. The maximum absolute atomic E-state index is 12.6. The summed E-state index contributed by atoms with van der Waals surface area (Å²) < 4.78 is 16.5. The number of unbranched alkanes of at least 4 members (excludes halogenated alkanes) is 22. The molecule has 0 fully saturated rings. The predicted molar refractivity (Wildman–Crippen MR) is 192 cm³/mol. The van der Waals surface area contributed by atoms with Crippen LogP contribution in [0.2, 0.25) is 0 Å². The van der Waals surface area contributed by atoms with E-state index in [1.165, 1.54) is 109 Å². The lowest BCUT2D eigenvalue weighted by Crippen LogP contribution is -2.30. The fourth-order valence-corrected chi connectivity index (χ4v) is 5.74. The number of ether oxygens (including phenoxy) is 3. The second kappa shape index (κ2) is 34.7. The molecular weight excluding hydrogens is 576 g/mol. The summed E-state index contributed by atoms with van der Waals surface area (Å²) in [6.45, 7) is 8.85. The molecule has 6 nitrogen and oxygen atoms in total. The van der Waals surface area contributed by atoms with Crippen molar-refractivity contribution in [2.24, 2.45) is 5.92 Å². The van der Waals surface area contributed by atoms with Crippen LogP contribution in [0.15, 0.2) is 0 Å². The quantitative estimate of drug-likeness (QED) is 0.0385. The van der Waals surface area contributed by atoms with Crippen LogP contribution >= 0.6 is 0 Å². The third kappa shape index (κ3) is 33.8. The summed E-state index contributed by atoms with van der Waals surface area (Å²) >= 11 is 0. The van der Waals surface area contributed by atoms with Gasteiger partial charge < -0.3 is 14.2 Å². The Morgan fingerprint density at radius 3 is 1.07 bits per heavy atom. The molecule has 0 bridgehead atoms. The van der Waals surface area contributed by atoms with Crippen molar-refractivity contribution in [3.8, 4) is 0 Å². The molecule has 272 valence electrons. The summed E-state index contributed by atoms with van der Waals surface area (Å²) in [5.41, 5.74) is 0. The van der Waals surface area contributed by atoms with E-state index in [2.05, 4.69) is 27.7 Å². The number of hydrogen-bond acceptors (Lipinski definition) is 6. The van der Waals surface area contributed by atoms with E-state index in [9.17, 15) is 14.4 Å². The third-order valence-electron chi connectivity index (χ3n) is 8.79. The highest BCUT2D eigenvalue weighted by Crippen LogP contribution is 2.15. The Bertz CT molecular complexity index is 691. The molecule has 0 saturated heterocycles. The molecule has 0 amide bonds. The molecule has 0 rings (SSSR count). The standard InChI is InChI=1S/C40H76O6/c1-5-7-9-11-13-14-15-16-17-19-24-28-32-39(42)45-35-37(34-44-38(41)31-27-23-18-12-10-8-6-2)46-40(43)33-29-25-21-20-22-26-30-36(3)4/h36-37H,5-35H2,1-4H3/t37-/m1/s1. The number of esters is 3. The molecule has 46 heavy (non-hydrogen) atoms. The van der Waals surface area contributed by atoms with Gasteiger partial charge in [0.1, 0.15) is 13.2 Å². The van der Waals surface area contributed by atoms with Crippen molar-refractivity contribution in [1.29, 1.82) is 0 Å². The molecule has 0 N–H and O–H groups in total. The van der Waals surface area contributed by atoms with E-state index in [0.29, 0.717) is 19.3 Å². The maximum atomic E-state index is 12.6. The van der Waals surface area contributed by atoms with Crippen LogP contribution in [0.5, 0.6) is 0 Å². The van der Waals surface area contributed by atoms with Crippen LogP contribution in [0.4, 0.5) is 0 Å². The van der Waals surface area contributed by atoms with Gasteiger partial charge in [0.15, 0.2) is 6.10 Å². The smallest absolute Gasteiger partial charge is 0.306 e. The third-order valence-corrected chi connectivity index (χ3v) is 8.79. The fourth-order valence-electron chi connectivity index (χ4n) is 5.74. The van der Waals surface area contributed by atoms with E-state index < -0.39 is 6.10 Å². The first-order valence-corrected chi connectivity index (χ1v) is 19.9. The van der Waals surface area contributed by atoms with E-state index in [-0.39, 0.29) is 31.1 Å². The van der Waals surface area contributed by atoms with Crippen molar-refractivity contribution >= 4 is 17.9 Å². The molecule has 0 aliphatic heterocycles. The van der Waals surface area contributed by atoms with Crippen molar-refractivity contribution in [2.75, 3.05) is 13.2 Å². The van der Waals surface area contributed by atoms with Gasteiger partial charge in [-0.15, -0.1) is 0 Å². The molecule has 0 aromatic heterocycles. The number of carbonyl (C=O) groups is 3. The van der Waals surface area contributed by atoms with Gasteiger partial charge in [-0.2, -0.15) is 0 Å². The van der Waals surface area contributed by atoms with Crippen molar-refractivity contribution in [2.45, 2.75) is 220 Å². The van der Waals surface area contributed by atoms with Crippen molar-refractivity contribution in [3.63, 3.8) is 0 Å². The maximum Gasteiger partial charge on any atom is 0.306 e. The van der Waals surface area contributed by atoms with E-state index >= 15 is 0 Å². The summed E-state index contributed by atoms with van der Waals surface area (Å²) in [4.78, 5) is 37.3. The second-order valence-corrected chi connectivity index (χ2v) is 14.0. The highest BCUT2D eigenvalue weighted by atomic mass is 16.6. The van der Waals surface area contributed by atoms with Crippen LogP contribution in [-0.4, -0.2) is 37.2 Å². The zero-order valence-corrected chi connectivity index (χ0v) is 31.0. The normalized spacial score (nSPS) is 11.9. The van der Waals surface area contributed by atoms with E-state index in [4.69, 9.17) is 14.2 Å². The molecule has 0 aromatic rings. The van der Waals surface area contributed by atoms with Gasteiger partial charge in [-0.05, 0) is 25.2 Å². The van der Waals surface area contributed by atoms with Crippen LogP contribution in [0.1, 0.15) is 214 Å². The summed E-state index contributed by atoms with van der Waals surface area (Å²) in [5, 5.41) is 0. The van der Waals surface area contributed by atoms with Gasteiger partial charge in [-0.1, -0.05) is 175 Å². The molecule has 0 aliphatic rings. The first kappa shape index (κ1) is 44.4. The Morgan fingerprint density at radius 2 is 0.717 bits per heavy atom. The molecule has 0 spiro atoms. The van der Waals surface area contributed by atoms with Crippen LogP contribution in [0.25, 0.3) is 0 Å². The SMILES string of the molecule is CCCCCCCCCCCCCCC(=O)OC[C@@H](COC(=O)CCCCCCCCC)OC(=O)CCCCCCCCC(C)C. The molecule has 6 heteroatoms. The average Bonchev–Trinajstić information content (AvgIpc) is 3.03. The minimum absolute atomic E-state index is 0.0661. The Balaban J connectivity index is 4.31. The molecule has 1 atom stereocenters. The second-order valence-electron chi connectivity index (χ2n) is 14.0. The Hall–Kier alpha value is -1.59. The summed E-state index contributed by atoms with van der Waals surface area (Å²) in [5.74, 6) is -0.115. The van der Waals surface area contributed by atoms with E-state index in [0.717, 1.165) is 63.7 Å². The number of hydrogen-bond donors (Lipinski definition) is 0. The molecule has 0 heterocycles. The van der Waals surface area contributed by atoms with Crippen molar-refractivity contribution in [3.05, 3.63) is 0 Å². The van der Waals surface area contributed by atoms with Gasteiger partial charge in [-0.25, -0.2) is 0 Å². The van der Waals surface area contributed by atoms with Gasteiger partial charge in [0.25, 0.3) is 0 Å². The molecule has 0 aromatic carbocycles. The molecular formula is C40H76O6. The molecule has 0 saturated carbocycles. The van der Waals surface area contributed by atoms with E-state index in [1.54, 1.807) is 0 Å².